The molecule has 8 heteroatoms. The summed E-state index contributed by atoms with van der Waals surface area (Å²) in [5.41, 5.74) is 1.81. The molecule has 0 radical (unpaired) electrons. The Morgan fingerprint density at radius 2 is 1.24 bits per heavy atom. The molecule has 38 heavy (non-hydrogen) atoms. The van der Waals surface area contributed by atoms with Gasteiger partial charge < -0.3 is 4.74 Å². The Hall–Kier alpha value is -1.73. The van der Waals surface area contributed by atoms with Gasteiger partial charge in [-0.3, -0.25) is 14.6 Å². The second-order valence-electron chi connectivity index (χ2n) is 11.7. The summed E-state index contributed by atoms with van der Waals surface area (Å²) >= 11 is 0. The molecule has 4 bridgehead atoms. The molecule has 0 unspecified atom stereocenters. The maximum Gasteiger partial charge on any atom is 0.312 e. The summed E-state index contributed by atoms with van der Waals surface area (Å²) < 4.78 is 33.1. The summed E-state index contributed by atoms with van der Waals surface area (Å²) in [4.78, 5) is 17.9. The molecular formula is C30H38Cl2F2N2O2. The molecule has 1 saturated heterocycles. The number of nitrogens with zero attached hydrogens (tertiary/aromatic N) is 2. The van der Waals surface area contributed by atoms with Crippen molar-refractivity contribution >= 4 is 30.8 Å². The van der Waals surface area contributed by atoms with Crippen LogP contribution in [0.2, 0.25) is 0 Å². The molecule has 0 aromatic heterocycles. The van der Waals surface area contributed by atoms with Gasteiger partial charge in [-0.2, -0.15) is 0 Å². The molecule has 5 fully saturated rings. The molecule has 2 aromatic rings. The van der Waals surface area contributed by atoms with Gasteiger partial charge >= 0.3 is 5.97 Å². The van der Waals surface area contributed by atoms with Crippen LogP contribution >= 0.6 is 24.8 Å². The van der Waals surface area contributed by atoms with Crippen molar-refractivity contribution in [3.05, 3.63) is 71.3 Å². The van der Waals surface area contributed by atoms with Gasteiger partial charge in [0.1, 0.15) is 18.2 Å². The summed E-state index contributed by atoms with van der Waals surface area (Å²) in [6, 6.07) is 13.2. The largest absolute Gasteiger partial charge is 0.464 e. The minimum Gasteiger partial charge on any atom is -0.464 e. The molecule has 5 aliphatic rings. The van der Waals surface area contributed by atoms with E-state index in [1.54, 1.807) is 0 Å². The van der Waals surface area contributed by atoms with Crippen molar-refractivity contribution in [2.24, 2.45) is 23.2 Å². The van der Waals surface area contributed by atoms with Gasteiger partial charge in [-0.05, 0) is 91.7 Å². The number of ether oxygens (including phenoxy) is 1. The summed E-state index contributed by atoms with van der Waals surface area (Å²) in [5, 5.41) is 0. The average Bonchev–Trinajstić information content (AvgIpc) is 2.86. The highest BCUT2D eigenvalue weighted by Crippen LogP contribution is 2.60. The Labute approximate surface area is 236 Å². The van der Waals surface area contributed by atoms with E-state index in [9.17, 15) is 13.6 Å². The van der Waals surface area contributed by atoms with Crippen molar-refractivity contribution in [1.82, 2.24) is 9.80 Å². The molecule has 4 saturated carbocycles. The van der Waals surface area contributed by atoms with Crippen LogP contribution in [0.1, 0.15) is 55.7 Å². The molecule has 1 aliphatic heterocycles. The van der Waals surface area contributed by atoms with Crippen molar-refractivity contribution in [3.63, 3.8) is 0 Å². The van der Waals surface area contributed by atoms with Crippen molar-refractivity contribution in [1.29, 1.82) is 0 Å². The van der Waals surface area contributed by atoms with Crippen LogP contribution in [0, 0.1) is 34.8 Å². The van der Waals surface area contributed by atoms with Crippen molar-refractivity contribution < 1.29 is 18.3 Å². The Morgan fingerprint density at radius 3 is 1.68 bits per heavy atom. The highest BCUT2D eigenvalue weighted by atomic mass is 35.5. The number of carbonyl (C=O) groups excluding carboxylic acids is 1. The molecule has 0 spiro atoms. The minimum atomic E-state index is -0.260. The molecular weight excluding hydrogens is 529 g/mol. The Morgan fingerprint density at radius 1 is 0.789 bits per heavy atom. The SMILES string of the molecule is Cl.Cl.O=C(OCCN1CCN(C(c2ccc(F)cc2)c2ccc(F)cc2)CC1)C12CC3CC(CC(C3)C1)C2. The van der Waals surface area contributed by atoms with Gasteiger partial charge in [-0.1, -0.05) is 24.3 Å². The Balaban J connectivity index is 0.00000168. The zero-order valence-electron chi connectivity index (χ0n) is 21.7. The third kappa shape index (κ3) is 6.04. The third-order valence-electron chi connectivity index (χ3n) is 9.26. The summed E-state index contributed by atoms with van der Waals surface area (Å²) in [6.45, 7) is 4.62. The molecule has 2 aromatic carbocycles. The van der Waals surface area contributed by atoms with Crippen LogP contribution in [0.3, 0.4) is 0 Å². The predicted molar refractivity (Wildman–Crippen MR) is 149 cm³/mol. The lowest BCUT2D eigenvalue weighted by molar-refractivity contribution is -0.172. The van der Waals surface area contributed by atoms with Gasteiger partial charge in [0.15, 0.2) is 0 Å². The Bertz CT molecular complexity index is 994. The minimum absolute atomic E-state index is 0. The average molecular weight is 568 g/mol. The monoisotopic (exact) mass is 566 g/mol. The smallest absolute Gasteiger partial charge is 0.312 e. The van der Waals surface area contributed by atoms with Gasteiger partial charge in [0.2, 0.25) is 0 Å². The lowest BCUT2D eigenvalue weighted by atomic mass is 9.49. The molecule has 7 rings (SSSR count). The molecule has 4 nitrogen and oxygen atoms in total. The lowest BCUT2D eigenvalue weighted by Gasteiger charge is -2.55. The zero-order chi connectivity index (χ0) is 24.7. The van der Waals surface area contributed by atoms with Crippen LogP contribution < -0.4 is 0 Å². The fourth-order valence-corrected chi connectivity index (χ4v) is 7.93. The van der Waals surface area contributed by atoms with Crippen LogP contribution in [-0.4, -0.2) is 55.1 Å². The number of esters is 1. The number of halogens is 4. The highest BCUT2D eigenvalue weighted by Gasteiger charge is 2.55. The van der Waals surface area contributed by atoms with E-state index in [-0.39, 0.29) is 53.9 Å². The topological polar surface area (TPSA) is 32.8 Å². The first kappa shape index (κ1) is 29.3. The fourth-order valence-electron chi connectivity index (χ4n) is 7.93. The van der Waals surface area contributed by atoms with Gasteiger partial charge in [0, 0.05) is 32.7 Å². The van der Waals surface area contributed by atoms with E-state index in [1.165, 1.54) is 43.5 Å². The van der Waals surface area contributed by atoms with E-state index in [0.717, 1.165) is 80.9 Å². The molecule has 208 valence electrons. The highest BCUT2D eigenvalue weighted by molar-refractivity contribution is 5.85. The standard InChI is InChI=1S/C30H36F2N2O2.2ClH/c31-26-5-1-24(2-6-26)28(25-3-7-27(32)8-4-25)34-11-9-33(10-12-34)13-14-36-29(35)30-18-21-15-22(19-30)17-23(16-21)20-30;;/h1-8,21-23,28H,9-20H2;2*1H. The van der Waals surface area contributed by atoms with Gasteiger partial charge in [-0.15, -0.1) is 24.8 Å². The number of hydrogen-bond acceptors (Lipinski definition) is 4. The summed E-state index contributed by atoms with van der Waals surface area (Å²) in [7, 11) is 0. The molecule has 0 amide bonds. The van der Waals surface area contributed by atoms with Crippen LogP contribution in [0.15, 0.2) is 48.5 Å². The maximum absolute atomic E-state index is 13.6. The van der Waals surface area contributed by atoms with E-state index >= 15 is 0 Å². The van der Waals surface area contributed by atoms with Crippen molar-refractivity contribution in [2.45, 2.75) is 44.6 Å². The second kappa shape index (κ2) is 12.2. The first-order chi connectivity index (χ1) is 17.5. The number of piperazine rings is 1. The van der Waals surface area contributed by atoms with Crippen molar-refractivity contribution in [2.75, 3.05) is 39.3 Å². The molecule has 1 heterocycles. The zero-order valence-corrected chi connectivity index (χ0v) is 23.3. The third-order valence-corrected chi connectivity index (χ3v) is 9.26. The van der Waals surface area contributed by atoms with Crippen LogP contribution in [-0.2, 0) is 9.53 Å². The van der Waals surface area contributed by atoms with Gasteiger partial charge in [-0.25, -0.2) is 8.78 Å². The lowest BCUT2D eigenvalue weighted by Crippen LogP contribution is -2.51. The van der Waals surface area contributed by atoms with E-state index in [4.69, 9.17) is 4.74 Å². The number of benzene rings is 2. The van der Waals surface area contributed by atoms with E-state index < -0.39 is 0 Å². The van der Waals surface area contributed by atoms with Crippen molar-refractivity contribution in [3.8, 4) is 0 Å². The normalized spacial score (nSPS) is 28.6. The van der Waals surface area contributed by atoms with Crippen LogP contribution in [0.25, 0.3) is 0 Å². The van der Waals surface area contributed by atoms with Crippen LogP contribution in [0.5, 0.6) is 0 Å². The number of carbonyl (C=O) groups is 1. The predicted octanol–water partition coefficient (Wildman–Crippen LogP) is 6.28. The van der Waals surface area contributed by atoms with E-state index in [2.05, 4.69) is 9.80 Å². The first-order valence-electron chi connectivity index (χ1n) is 13.6. The van der Waals surface area contributed by atoms with Gasteiger partial charge in [0.05, 0.1) is 11.5 Å². The van der Waals surface area contributed by atoms with Gasteiger partial charge in [0.25, 0.3) is 0 Å². The number of hydrogen-bond donors (Lipinski definition) is 0. The summed E-state index contributed by atoms with van der Waals surface area (Å²) in [6.07, 6.45) is 7.12. The fraction of sp³-hybridized carbons (Fsp3) is 0.567. The van der Waals surface area contributed by atoms with E-state index in [1.807, 2.05) is 24.3 Å². The number of rotatable bonds is 7. The van der Waals surface area contributed by atoms with Crippen LogP contribution in [0.4, 0.5) is 8.78 Å². The van der Waals surface area contributed by atoms with E-state index in [0.29, 0.717) is 6.61 Å². The maximum atomic E-state index is 13.6. The Kier molecular flexibility index (Phi) is 9.39. The first-order valence-corrected chi connectivity index (χ1v) is 13.6. The second-order valence-corrected chi connectivity index (χ2v) is 11.7. The molecule has 4 aliphatic carbocycles. The quantitative estimate of drug-likeness (QED) is 0.369. The summed E-state index contributed by atoms with van der Waals surface area (Å²) in [5.74, 6) is 1.77. The molecule has 0 atom stereocenters. The molecule has 0 N–H and O–H groups in total.